The Bertz CT molecular complexity index is 1150. The van der Waals surface area contributed by atoms with Crippen LogP contribution in [0.3, 0.4) is 0 Å². The van der Waals surface area contributed by atoms with Gasteiger partial charge < -0.3 is 24.1 Å². The molecule has 0 aliphatic carbocycles. The fraction of sp³-hybridized carbons (Fsp3) is 0.261. The maximum atomic E-state index is 12.9. The van der Waals surface area contributed by atoms with E-state index in [4.69, 9.17) is 14.2 Å². The van der Waals surface area contributed by atoms with Crippen molar-refractivity contribution in [2.24, 2.45) is 0 Å². The van der Waals surface area contributed by atoms with E-state index in [1.54, 1.807) is 69.5 Å². The molecular formula is C23H24N2O6. The highest BCUT2D eigenvalue weighted by atomic mass is 16.6. The van der Waals surface area contributed by atoms with Crippen molar-refractivity contribution in [2.75, 3.05) is 19.0 Å². The summed E-state index contributed by atoms with van der Waals surface area (Å²) in [4.78, 5) is 37.2. The van der Waals surface area contributed by atoms with Gasteiger partial charge in [0, 0.05) is 23.3 Å². The zero-order chi connectivity index (χ0) is 22.4. The normalized spacial score (nSPS) is 11.6. The molecule has 1 N–H and O–H groups in total. The van der Waals surface area contributed by atoms with Crippen LogP contribution in [0.25, 0.3) is 10.8 Å². The summed E-state index contributed by atoms with van der Waals surface area (Å²) in [6, 6.07) is 13.6. The number of methoxy groups -OCH3 is 1. The number of fused-ring (bicyclic) bond motifs is 1. The number of hydrogen-bond acceptors (Lipinski definition) is 6. The number of esters is 1. The Balaban J connectivity index is 1.80. The third kappa shape index (κ3) is 5.22. The van der Waals surface area contributed by atoms with Gasteiger partial charge in [-0.2, -0.15) is 0 Å². The molecule has 1 amide bonds. The first-order valence-corrected chi connectivity index (χ1v) is 9.82. The zero-order valence-corrected chi connectivity index (χ0v) is 17.6. The second-order valence-corrected chi connectivity index (χ2v) is 6.76. The van der Waals surface area contributed by atoms with E-state index in [-0.39, 0.29) is 24.6 Å². The molecule has 1 heterocycles. The van der Waals surface area contributed by atoms with E-state index in [1.807, 2.05) is 0 Å². The number of rotatable bonds is 8. The number of nitrogens with one attached hydrogen (secondary N) is 1. The molecule has 0 aliphatic heterocycles. The standard InChI is InChI=1S/C23H24N2O6/c1-4-30-23(28)15(2)31-20-10-6-9-19-18(20)11-12-25(22(19)27)14-21(26)24-16-7-5-8-17(13-16)29-3/h5-13,15H,4,14H2,1-3H3,(H,24,26)/t15-/m0/s1. The number of carbonyl (C=O) groups excluding carboxylic acids is 2. The van der Waals surface area contributed by atoms with E-state index in [0.29, 0.717) is 28.0 Å². The molecule has 0 bridgehead atoms. The number of ether oxygens (including phenoxy) is 3. The molecule has 31 heavy (non-hydrogen) atoms. The maximum Gasteiger partial charge on any atom is 0.347 e. The SMILES string of the molecule is CCOC(=O)[C@H](C)Oc1cccc2c(=O)n(CC(=O)Nc3cccc(OC)c3)ccc12. The number of pyridine rings is 1. The van der Waals surface area contributed by atoms with Crippen molar-refractivity contribution in [3.63, 3.8) is 0 Å². The minimum absolute atomic E-state index is 0.156. The van der Waals surface area contributed by atoms with Gasteiger partial charge in [-0.05, 0) is 44.2 Å². The first kappa shape index (κ1) is 21.9. The summed E-state index contributed by atoms with van der Waals surface area (Å²) in [7, 11) is 1.54. The van der Waals surface area contributed by atoms with Gasteiger partial charge in [0.2, 0.25) is 5.91 Å². The lowest BCUT2D eigenvalue weighted by atomic mass is 10.1. The van der Waals surface area contributed by atoms with Crippen LogP contribution in [0.4, 0.5) is 5.69 Å². The van der Waals surface area contributed by atoms with E-state index in [1.165, 1.54) is 10.8 Å². The molecule has 0 fully saturated rings. The van der Waals surface area contributed by atoms with Crippen molar-refractivity contribution in [1.29, 1.82) is 0 Å². The molecule has 0 aliphatic rings. The minimum Gasteiger partial charge on any atom is -0.497 e. The van der Waals surface area contributed by atoms with Crippen molar-refractivity contribution in [3.8, 4) is 11.5 Å². The van der Waals surface area contributed by atoms with Crippen LogP contribution in [0.2, 0.25) is 0 Å². The lowest BCUT2D eigenvalue weighted by Crippen LogP contribution is -2.28. The van der Waals surface area contributed by atoms with Gasteiger partial charge in [-0.25, -0.2) is 4.79 Å². The first-order valence-electron chi connectivity index (χ1n) is 9.82. The van der Waals surface area contributed by atoms with Crippen LogP contribution in [0, 0.1) is 0 Å². The van der Waals surface area contributed by atoms with E-state index in [9.17, 15) is 14.4 Å². The molecule has 8 heteroatoms. The molecule has 1 atom stereocenters. The Hall–Kier alpha value is -3.81. The summed E-state index contributed by atoms with van der Waals surface area (Å²) in [5, 5.41) is 3.68. The molecule has 162 valence electrons. The van der Waals surface area contributed by atoms with Gasteiger partial charge in [-0.3, -0.25) is 9.59 Å². The van der Waals surface area contributed by atoms with Crippen molar-refractivity contribution in [3.05, 3.63) is 65.1 Å². The van der Waals surface area contributed by atoms with Gasteiger partial charge in [-0.1, -0.05) is 12.1 Å². The third-order valence-corrected chi connectivity index (χ3v) is 4.57. The summed E-state index contributed by atoms with van der Waals surface area (Å²) in [5.41, 5.74) is 0.231. The molecule has 0 radical (unpaired) electrons. The molecule has 2 aromatic carbocycles. The van der Waals surface area contributed by atoms with Crippen LogP contribution in [0.5, 0.6) is 11.5 Å². The van der Waals surface area contributed by atoms with Crippen molar-refractivity contribution in [2.45, 2.75) is 26.5 Å². The van der Waals surface area contributed by atoms with Crippen LogP contribution < -0.4 is 20.3 Å². The average molecular weight is 424 g/mol. The molecule has 3 aromatic rings. The van der Waals surface area contributed by atoms with E-state index in [2.05, 4.69) is 5.32 Å². The number of amides is 1. The number of anilines is 1. The molecule has 3 rings (SSSR count). The highest BCUT2D eigenvalue weighted by molar-refractivity contribution is 5.92. The predicted octanol–water partition coefficient (Wildman–Crippen LogP) is 2.98. The molecule has 0 saturated carbocycles. The summed E-state index contributed by atoms with van der Waals surface area (Å²) < 4.78 is 17.1. The van der Waals surface area contributed by atoms with Crippen LogP contribution in [0.1, 0.15) is 13.8 Å². The summed E-state index contributed by atoms with van der Waals surface area (Å²) in [6.07, 6.45) is 0.708. The number of hydrogen-bond donors (Lipinski definition) is 1. The largest absolute Gasteiger partial charge is 0.497 e. The fourth-order valence-electron chi connectivity index (χ4n) is 3.07. The lowest BCUT2D eigenvalue weighted by molar-refractivity contribution is -0.150. The van der Waals surface area contributed by atoms with E-state index < -0.39 is 12.1 Å². The first-order chi connectivity index (χ1) is 14.9. The highest BCUT2D eigenvalue weighted by Crippen LogP contribution is 2.24. The summed E-state index contributed by atoms with van der Waals surface area (Å²) in [5.74, 6) is 0.175. The summed E-state index contributed by atoms with van der Waals surface area (Å²) >= 11 is 0. The minimum atomic E-state index is -0.818. The number of aromatic nitrogens is 1. The Kier molecular flexibility index (Phi) is 6.92. The van der Waals surface area contributed by atoms with Gasteiger partial charge in [0.1, 0.15) is 18.0 Å². The highest BCUT2D eigenvalue weighted by Gasteiger charge is 2.18. The Labute approximate surface area is 179 Å². The number of benzene rings is 2. The van der Waals surface area contributed by atoms with Crippen molar-refractivity contribution >= 4 is 28.3 Å². The smallest absolute Gasteiger partial charge is 0.347 e. The quantitative estimate of drug-likeness (QED) is 0.559. The molecule has 0 unspecified atom stereocenters. The fourth-order valence-corrected chi connectivity index (χ4v) is 3.07. The number of nitrogens with zero attached hydrogens (tertiary/aromatic N) is 1. The van der Waals surface area contributed by atoms with Crippen LogP contribution in [-0.2, 0) is 20.9 Å². The van der Waals surface area contributed by atoms with Crippen LogP contribution >= 0.6 is 0 Å². The predicted molar refractivity (Wildman–Crippen MR) is 117 cm³/mol. The van der Waals surface area contributed by atoms with E-state index in [0.717, 1.165) is 0 Å². The summed E-state index contributed by atoms with van der Waals surface area (Å²) in [6.45, 7) is 3.40. The van der Waals surface area contributed by atoms with Gasteiger partial charge in [-0.15, -0.1) is 0 Å². The molecule has 1 aromatic heterocycles. The van der Waals surface area contributed by atoms with Crippen LogP contribution in [0.15, 0.2) is 59.5 Å². The molecular weight excluding hydrogens is 400 g/mol. The van der Waals surface area contributed by atoms with Crippen LogP contribution in [-0.4, -0.2) is 36.3 Å². The van der Waals surface area contributed by atoms with Gasteiger partial charge in [0.05, 0.1) is 19.1 Å². The second kappa shape index (κ2) is 9.80. The Morgan fingerprint density at radius 1 is 1.10 bits per heavy atom. The lowest BCUT2D eigenvalue weighted by Gasteiger charge is -2.15. The average Bonchev–Trinajstić information content (AvgIpc) is 2.76. The van der Waals surface area contributed by atoms with Gasteiger partial charge in [0.25, 0.3) is 5.56 Å². The second-order valence-electron chi connectivity index (χ2n) is 6.76. The van der Waals surface area contributed by atoms with Gasteiger partial charge in [0.15, 0.2) is 6.10 Å². The van der Waals surface area contributed by atoms with Gasteiger partial charge >= 0.3 is 5.97 Å². The topological polar surface area (TPSA) is 95.9 Å². The maximum absolute atomic E-state index is 12.9. The Morgan fingerprint density at radius 2 is 1.87 bits per heavy atom. The number of carbonyl (C=O) groups is 2. The molecule has 8 nitrogen and oxygen atoms in total. The van der Waals surface area contributed by atoms with E-state index >= 15 is 0 Å². The zero-order valence-electron chi connectivity index (χ0n) is 17.6. The third-order valence-electron chi connectivity index (χ3n) is 4.57. The molecule has 0 spiro atoms. The van der Waals surface area contributed by atoms with Crippen molar-refractivity contribution in [1.82, 2.24) is 4.57 Å². The Morgan fingerprint density at radius 3 is 2.61 bits per heavy atom. The monoisotopic (exact) mass is 424 g/mol. The van der Waals surface area contributed by atoms with Crippen molar-refractivity contribution < 1.29 is 23.8 Å². The molecule has 0 saturated heterocycles.